The molecule has 196 valence electrons. The van der Waals surface area contributed by atoms with Crippen molar-refractivity contribution in [3.8, 4) is 5.75 Å². The number of ether oxygens (including phenoxy) is 1. The standard InChI is InChI=1S/C27H37N3O5S/c1-19(2)29(20(3)4)16-14-28-26(31)25-24-12-11-23(35-18-21-9-7-6-8-10-21)17-22(24)13-15-30(25)27(32)36(5,33)34/h6-12,17,19-20,25H,13-16,18H2,1-5H3,(H,28,31). The van der Waals surface area contributed by atoms with Crippen molar-refractivity contribution < 1.29 is 22.7 Å². The molecule has 8 nitrogen and oxygen atoms in total. The summed E-state index contributed by atoms with van der Waals surface area (Å²) in [6.45, 7) is 9.97. The molecule has 1 aliphatic rings. The van der Waals surface area contributed by atoms with Gasteiger partial charge in [-0.3, -0.25) is 14.5 Å². The van der Waals surface area contributed by atoms with Crippen LogP contribution in [0.1, 0.15) is 50.4 Å². The predicted molar refractivity (Wildman–Crippen MR) is 141 cm³/mol. The van der Waals surface area contributed by atoms with Crippen molar-refractivity contribution in [2.75, 3.05) is 25.9 Å². The van der Waals surface area contributed by atoms with E-state index in [1.54, 1.807) is 12.1 Å². The third-order valence-corrected chi connectivity index (χ3v) is 7.26. The van der Waals surface area contributed by atoms with Gasteiger partial charge >= 0.3 is 5.24 Å². The Bertz CT molecular complexity index is 1160. The molecule has 1 aliphatic heterocycles. The van der Waals surface area contributed by atoms with Gasteiger partial charge in [0.2, 0.25) is 15.7 Å². The van der Waals surface area contributed by atoms with Gasteiger partial charge < -0.3 is 15.0 Å². The van der Waals surface area contributed by atoms with Crippen LogP contribution in [0.2, 0.25) is 0 Å². The zero-order chi connectivity index (χ0) is 26.5. The first-order valence-corrected chi connectivity index (χ1v) is 14.2. The van der Waals surface area contributed by atoms with Gasteiger partial charge in [-0.15, -0.1) is 0 Å². The highest BCUT2D eigenvalue weighted by atomic mass is 32.2. The minimum Gasteiger partial charge on any atom is -0.489 e. The van der Waals surface area contributed by atoms with E-state index in [0.717, 1.165) is 17.4 Å². The van der Waals surface area contributed by atoms with E-state index in [2.05, 4.69) is 37.9 Å². The monoisotopic (exact) mass is 515 g/mol. The van der Waals surface area contributed by atoms with Crippen molar-refractivity contribution in [3.63, 3.8) is 0 Å². The quantitative estimate of drug-likeness (QED) is 0.549. The summed E-state index contributed by atoms with van der Waals surface area (Å²) in [6.07, 6.45) is 1.31. The molecule has 1 atom stereocenters. The molecule has 0 aromatic heterocycles. The maximum Gasteiger partial charge on any atom is 0.339 e. The first kappa shape index (κ1) is 27.7. The summed E-state index contributed by atoms with van der Waals surface area (Å²) >= 11 is 0. The predicted octanol–water partition coefficient (Wildman–Crippen LogP) is 3.56. The number of rotatable bonds is 9. The molecule has 0 radical (unpaired) electrons. The normalized spacial score (nSPS) is 15.8. The number of nitrogens with one attached hydrogen (secondary N) is 1. The molecule has 0 fully saturated rings. The van der Waals surface area contributed by atoms with Gasteiger partial charge in [-0.2, -0.15) is 0 Å². The minimum absolute atomic E-state index is 0.128. The molecule has 36 heavy (non-hydrogen) atoms. The van der Waals surface area contributed by atoms with Gasteiger partial charge in [0.25, 0.3) is 0 Å². The lowest BCUT2D eigenvalue weighted by molar-refractivity contribution is -0.126. The largest absolute Gasteiger partial charge is 0.489 e. The molecule has 2 aromatic rings. The van der Waals surface area contributed by atoms with Crippen molar-refractivity contribution >= 4 is 21.0 Å². The fourth-order valence-electron chi connectivity index (χ4n) is 4.64. The van der Waals surface area contributed by atoms with Crippen LogP contribution in [-0.4, -0.2) is 67.3 Å². The fourth-order valence-corrected chi connectivity index (χ4v) is 5.27. The lowest BCUT2D eigenvalue weighted by atomic mass is 9.92. The van der Waals surface area contributed by atoms with E-state index in [-0.39, 0.29) is 6.54 Å². The maximum absolute atomic E-state index is 13.4. The van der Waals surface area contributed by atoms with Crippen LogP contribution in [0, 0.1) is 0 Å². The number of carbonyl (C=O) groups excluding carboxylic acids is 2. The third kappa shape index (κ3) is 6.85. The van der Waals surface area contributed by atoms with Crippen LogP contribution >= 0.6 is 0 Å². The number of fused-ring (bicyclic) bond motifs is 1. The number of hydrogen-bond acceptors (Lipinski definition) is 6. The average Bonchev–Trinajstić information content (AvgIpc) is 2.83. The Morgan fingerprint density at radius 2 is 1.75 bits per heavy atom. The molecule has 0 saturated heterocycles. The molecule has 1 N–H and O–H groups in total. The van der Waals surface area contributed by atoms with E-state index in [1.807, 2.05) is 36.4 Å². The van der Waals surface area contributed by atoms with E-state index in [1.165, 1.54) is 4.90 Å². The Morgan fingerprint density at radius 3 is 2.36 bits per heavy atom. The second-order valence-electron chi connectivity index (χ2n) is 9.74. The highest BCUT2D eigenvalue weighted by Gasteiger charge is 2.39. The third-order valence-electron chi connectivity index (χ3n) is 6.39. The molecule has 2 aromatic carbocycles. The Hall–Kier alpha value is -2.91. The number of hydrogen-bond donors (Lipinski definition) is 1. The topological polar surface area (TPSA) is 96.0 Å². The van der Waals surface area contributed by atoms with E-state index in [4.69, 9.17) is 4.74 Å². The van der Waals surface area contributed by atoms with Crippen molar-refractivity contribution in [1.82, 2.24) is 15.1 Å². The Labute approximate surface area is 214 Å². The summed E-state index contributed by atoms with van der Waals surface area (Å²) in [5.74, 6) is 0.266. The van der Waals surface area contributed by atoms with E-state index < -0.39 is 27.0 Å². The summed E-state index contributed by atoms with van der Waals surface area (Å²) in [4.78, 5) is 29.5. The zero-order valence-corrected chi connectivity index (χ0v) is 22.5. The average molecular weight is 516 g/mol. The molecule has 1 unspecified atom stereocenters. The van der Waals surface area contributed by atoms with Gasteiger partial charge in [0, 0.05) is 38.0 Å². The summed E-state index contributed by atoms with van der Waals surface area (Å²) in [5.41, 5.74) is 2.52. The minimum atomic E-state index is -4.00. The smallest absolute Gasteiger partial charge is 0.339 e. The second kappa shape index (κ2) is 11.9. The van der Waals surface area contributed by atoms with Gasteiger partial charge in [0.1, 0.15) is 18.4 Å². The van der Waals surface area contributed by atoms with Crippen LogP contribution < -0.4 is 10.1 Å². The number of nitrogens with zero attached hydrogens (tertiary/aromatic N) is 2. The first-order chi connectivity index (χ1) is 17.0. The molecule has 0 spiro atoms. The van der Waals surface area contributed by atoms with Gasteiger partial charge in [-0.05, 0) is 62.9 Å². The lowest BCUT2D eigenvalue weighted by Gasteiger charge is -2.36. The van der Waals surface area contributed by atoms with E-state index in [0.29, 0.717) is 49.5 Å². The van der Waals surface area contributed by atoms with Crippen molar-refractivity contribution in [2.45, 2.75) is 58.8 Å². The van der Waals surface area contributed by atoms with Crippen molar-refractivity contribution in [3.05, 3.63) is 65.2 Å². The Balaban J connectivity index is 1.81. The van der Waals surface area contributed by atoms with Crippen LogP contribution in [0.25, 0.3) is 0 Å². The maximum atomic E-state index is 13.4. The van der Waals surface area contributed by atoms with Crippen LogP contribution in [-0.2, 0) is 27.7 Å². The van der Waals surface area contributed by atoms with Gasteiger partial charge in [0.05, 0.1) is 0 Å². The summed E-state index contributed by atoms with van der Waals surface area (Å²) in [6, 6.07) is 14.8. The summed E-state index contributed by atoms with van der Waals surface area (Å²) < 4.78 is 30.1. The molecule has 1 heterocycles. The van der Waals surface area contributed by atoms with Crippen molar-refractivity contribution in [1.29, 1.82) is 0 Å². The van der Waals surface area contributed by atoms with E-state index in [9.17, 15) is 18.0 Å². The molecular formula is C27H37N3O5S. The van der Waals surface area contributed by atoms with Crippen LogP contribution in [0.15, 0.2) is 48.5 Å². The molecule has 9 heteroatoms. The highest BCUT2D eigenvalue weighted by molar-refractivity contribution is 8.05. The van der Waals surface area contributed by atoms with Crippen LogP contribution in [0.4, 0.5) is 4.79 Å². The van der Waals surface area contributed by atoms with Gasteiger partial charge in [0.15, 0.2) is 0 Å². The van der Waals surface area contributed by atoms with Crippen LogP contribution in [0.5, 0.6) is 5.75 Å². The number of sulfone groups is 1. The number of benzene rings is 2. The summed E-state index contributed by atoms with van der Waals surface area (Å²) in [7, 11) is -4.00. The summed E-state index contributed by atoms with van der Waals surface area (Å²) in [5, 5.41) is 1.89. The van der Waals surface area contributed by atoms with Crippen LogP contribution in [0.3, 0.4) is 0 Å². The fraction of sp³-hybridized carbons (Fsp3) is 0.481. The SMILES string of the molecule is CC(C)N(CCNC(=O)C1c2ccc(OCc3ccccc3)cc2CCN1C(=O)S(C)(=O)=O)C(C)C. The molecule has 0 saturated carbocycles. The Morgan fingerprint density at radius 1 is 1.08 bits per heavy atom. The van der Waals surface area contributed by atoms with Crippen molar-refractivity contribution in [2.24, 2.45) is 0 Å². The second-order valence-corrected chi connectivity index (χ2v) is 11.6. The molecular weight excluding hydrogens is 478 g/mol. The lowest BCUT2D eigenvalue weighted by Crippen LogP contribution is -2.50. The van der Waals surface area contributed by atoms with Gasteiger partial charge in [-0.1, -0.05) is 36.4 Å². The first-order valence-electron chi connectivity index (χ1n) is 12.3. The highest BCUT2D eigenvalue weighted by Crippen LogP contribution is 2.33. The van der Waals surface area contributed by atoms with Gasteiger partial charge in [-0.25, -0.2) is 8.42 Å². The zero-order valence-electron chi connectivity index (χ0n) is 21.7. The number of carbonyl (C=O) groups is 2. The molecule has 0 aliphatic carbocycles. The van der Waals surface area contributed by atoms with E-state index >= 15 is 0 Å². The Kier molecular flexibility index (Phi) is 9.13. The molecule has 3 rings (SSSR count). The number of amides is 2. The molecule has 0 bridgehead atoms. The molecule has 2 amide bonds.